The predicted molar refractivity (Wildman–Crippen MR) is 74.2 cm³/mol. The van der Waals surface area contributed by atoms with E-state index in [0.717, 1.165) is 29.8 Å². The van der Waals surface area contributed by atoms with Gasteiger partial charge >= 0.3 is 0 Å². The van der Waals surface area contributed by atoms with E-state index in [2.05, 4.69) is 11.8 Å². The molecule has 0 spiro atoms. The monoisotopic (exact) mass is 247 g/mol. The summed E-state index contributed by atoms with van der Waals surface area (Å²) in [6, 6.07) is 5.95. The number of nitrogens with zero attached hydrogens (tertiary/aromatic N) is 1. The second kappa shape index (κ2) is 4.98. The van der Waals surface area contributed by atoms with Crippen molar-refractivity contribution in [2.45, 2.75) is 26.4 Å². The van der Waals surface area contributed by atoms with E-state index < -0.39 is 0 Å². The summed E-state index contributed by atoms with van der Waals surface area (Å²) in [7, 11) is 0. The fourth-order valence-corrected chi connectivity index (χ4v) is 2.41. The van der Waals surface area contributed by atoms with Gasteiger partial charge in [-0.2, -0.15) is 0 Å². The van der Waals surface area contributed by atoms with Crippen LogP contribution in [0, 0.1) is 18.3 Å². The smallest absolute Gasteiger partial charge is 0.124 e. The van der Waals surface area contributed by atoms with Crippen LogP contribution in [0.25, 0.3) is 0 Å². The third-order valence-corrected chi connectivity index (χ3v) is 3.70. The van der Waals surface area contributed by atoms with E-state index in [0.29, 0.717) is 12.5 Å². The van der Waals surface area contributed by atoms with Gasteiger partial charge in [-0.05, 0) is 31.4 Å². The molecule has 2 unspecified atom stereocenters. The molecule has 1 aliphatic rings. The Morgan fingerprint density at radius 2 is 2.22 bits per heavy atom. The van der Waals surface area contributed by atoms with E-state index in [-0.39, 0.29) is 11.9 Å². The molecule has 4 N–H and O–H groups in total. The fraction of sp³-hybridized carbons (Fsp3) is 0.500. The van der Waals surface area contributed by atoms with Gasteiger partial charge < -0.3 is 15.7 Å². The number of amidine groups is 1. The number of β-amino-alcohol motifs (C(OH)–C–C–N with tert-alkyl or cyclic N) is 1. The second-order valence-corrected chi connectivity index (χ2v) is 5.21. The number of benzene rings is 1. The van der Waals surface area contributed by atoms with Crippen molar-refractivity contribution in [2.75, 3.05) is 18.0 Å². The quantitative estimate of drug-likeness (QED) is 0.547. The van der Waals surface area contributed by atoms with Gasteiger partial charge in [-0.15, -0.1) is 0 Å². The van der Waals surface area contributed by atoms with Gasteiger partial charge in [-0.3, -0.25) is 5.41 Å². The topological polar surface area (TPSA) is 73.3 Å². The summed E-state index contributed by atoms with van der Waals surface area (Å²) in [5, 5.41) is 17.6. The molecule has 1 aromatic carbocycles. The summed E-state index contributed by atoms with van der Waals surface area (Å²) < 4.78 is 0. The lowest BCUT2D eigenvalue weighted by atomic mass is 9.95. The van der Waals surface area contributed by atoms with Gasteiger partial charge in [0.15, 0.2) is 0 Å². The highest BCUT2D eigenvalue weighted by atomic mass is 16.3. The van der Waals surface area contributed by atoms with E-state index in [1.807, 2.05) is 25.1 Å². The SMILES string of the molecule is Cc1ccc(N2CCC(C)C(O)C2)c(C(=N)N)c1. The van der Waals surface area contributed by atoms with Gasteiger partial charge in [-0.1, -0.05) is 18.6 Å². The second-order valence-electron chi connectivity index (χ2n) is 5.21. The molecular formula is C14H21N3O. The van der Waals surface area contributed by atoms with Crippen LogP contribution in [0.4, 0.5) is 5.69 Å². The number of aryl methyl sites for hydroxylation is 1. The standard InChI is InChI=1S/C14H21N3O/c1-9-3-4-12(11(7-9)14(15)16)17-6-5-10(2)13(18)8-17/h3-4,7,10,13,18H,5-6,8H2,1-2H3,(H3,15,16). The Hall–Kier alpha value is -1.55. The van der Waals surface area contributed by atoms with Crippen LogP contribution in [0.2, 0.25) is 0 Å². The third kappa shape index (κ3) is 2.48. The summed E-state index contributed by atoms with van der Waals surface area (Å²) in [4.78, 5) is 2.13. The Morgan fingerprint density at radius 1 is 1.50 bits per heavy atom. The number of hydrogen-bond acceptors (Lipinski definition) is 3. The minimum absolute atomic E-state index is 0.0850. The molecule has 2 rings (SSSR count). The first-order valence-electron chi connectivity index (χ1n) is 6.37. The molecule has 1 heterocycles. The number of anilines is 1. The molecule has 98 valence electrons. The van der Waals surface area contributed by atoms with E-state index in [9.17, 15) is 5.11 Å². The van der Waals surface area contributed by atoms with Crippen molar-refractivity contribution in [2.24, 2.45) is 11.7 Å². The highest BCUT2D eigenvalue weighted by Crippen LogP contribution is 2.27. The number of aliphatic hydroxyl groups excluding tert-OH is 1. The minimum Gasteiger partial charge on any atom is -0.391 e. The van der Waals surface area contributed by atoms with Crippen molar-refractivity contribution >= 4 is 11.5 Å². The molecular weight excluding hydrogens is 226 g/mol. The molecule has 18 heavy (non-hydrogen) atoms. The van der Waals surface area contributed by atoms with Crippen molar-refractivity contribution in [1.29, 1.82) is 5.41 Å². The average Bonchev–Trinajstić information content (AvgIpc) is 2.32. The van der Waals surface area contributed by atoms with Crippen LogP contribution < -0.4 is 10.6 Å². The predicted octanol–water partition coefficient (Wildman–Crippen LogP) is 1.49. The summed E-state index contributed by atoms with van der Waals surface area (Å²) in [6.45, 7) is 5.58. The van der Waals surface area contributed by atoms with Gasteiger partial charge in [0.2, 0.25) is 0 Å². The first-order valence-corrected chi connectivity index (χ1v) is 6.37. The molecule has 0 aliphatic carbocycles. The highest BCUT2D eigenvalue weighted by Gasteiger charge is 2.25. The van der Waals surface area contributed by atoms with Gasteiger partial charge in [-0.25, -0.2) is 0 Å². The molecule has 1 aromatic rings. The van der Waals surface area contributed by atoms with Crippen LogP contribution in [0.1, 0.15) is 24.5 Å². The molecule has 4 heteroatoms. The molecule has 0 aromatic heterocycles. The Bertz CT molecular complexity index is 458. The summed E-state index contributed by atoms with van der Waals surface area (Å²) >= 11 is 0. The first kappa shape index (κ1) is 12.9. The number of aliphatic hydroxyl groups is 1. The summed E-state index contributed by atoms with van der Waals surface area (Å²) in [6.07, 6.45) is 0.659. The Labute approximate surface area is 108 Å². The normalized spacial score (nSPS) is 24.1. The van der Waals surface area contributed by atoms with E-state index >= 15 is 0 Å². The van der Waals surface area contributed by atoms with Crippen molar-refractivity contribution < 1.29 is 5.11 Å². The van der Waals surface area contributed by atoms with Gasteiger partial charge in [0.1, 0.15) is 5.84 Å². The number of hydrogen-bond donors (Lipinski definition) is 3. The van der Waals surface area contributed by atoms with Crippen molar-refractivity contribution in [3.8, 4) is 0 Å². The fourth-order valence-electron chi connectivity index (χ4n) is 2.41. The van der Waals surface area contributed by atoms with Crippen molar-refractivity contribution in [1.82, 2.24) is 0 Å². The maximum atomic E-state index is 9.97. The molecule has 0 amide bonds. The van der Waals surface area contributed by atoms with Gasteiger partial charge in [0, 0.05) is 24.3 Å². The number of piperidine rings is 1. The Morgan fingerprint density at radius 3 is 2.83 bits per heavy atom. The van der Waals surface area contributed by atoms with E-state index in [4.69, 9.17) is 11.1 Å². The van der Waals surface area contributed by atoms with Crippen LogP contribution in [-0.2, 0) is 0 Å². The molecule has 4 nitrogen and oxygen atoms in total. The van der Waals surface area contributed by atoms with Crippen LogP contribution in [0.5, 0.6) is 0 Å². The van der Waals surface area contributed by atoms with E-state index in [1.165, 1.54) is 0 Å². The Balaban J connectivity index is 2.30. The van der Waals surface area contributed by atoms with Crippen molar-refractivity contribution in [3.63, 3.8) is 0 Å². The zero-order valence-corrected chi connectivity index (χ0v) is 11.0. The van der Waals surface area contributed by atoms with Crippen LogP contribution in [0.15, 0.2) is 18.2 Å². The molecule has 1 saturated heterocycles. The molecule has 2 atom stereocenters. The van der Waals surface area contributed by atoms with Crippen molar-refractivity contribution in [3.05, 3.63) is 29.3 Å². The number of nitrogen functional groups attached to an aromatic ring is 1. The van der Waals surface area contributed by atoms with Gasteiger partial charge in [0.05, 0.1) is 6.10 Å². The molecule has 0 radical (unpaired) electrons. The van der Waals surface area contributed by atoms with Crippen LogP contribution in [-0.4, -0.2) is 30.1 Å². The molecule has 0 bridgehead atoms. The zero-order valence-electron chi connectivity index (χ0n) is 11.0. The molecule has 1 fully saturated rings. The average molecular weight is 247 g/mol. The van der Waals surface area contributed by atoms with E-state index in [1.54, 1.807) is 0 Å². The number of rotatable bonds is 2. The molecule has 0 saturated carbocycles. The summed E-state index contributed by atoms with van der Waals surface area (Å²) in [5.74, 6) is 0.425. The largest absolute Gasteiger partial charge is 0.391 e. The van der Waals surface area contributed by atoms with Crippen LogP contribution >= 0.6 is 0 Å². The van der Waals surface area contributed by atoms with Crippen LogP contribution in [0.3, 0.4) is 0 Å². The number of nitrogens with two attached hydrogens (primary N) is 1. The lowest BCUT2D eigenvalue weighted by Crippen LogP contribution is -2.43. The maximum Gasteiger partial charge on any atom is 0.124 e. The lowest BCUT2D eigenvalue weighted by Gasteiger charge is -2.36. The highest BCUT2D eigenvalue weighted by molar-refractivity contribution is 6.00. The Kier molecular flexibility index (Phi) is 3.57. The van der Waals surface area contributed by atoms with Gasteiger partial charge in [0.25, 0.3) is 0 Å². The minimum atomic E-state index is -0.306. The number of nitrogens with one attached hydrogen (secondary N) is 1. The third-order valence-electron chi connectivity index (χ3n) is 3.70. The zero-order chi connectivity index (χ0) is 13.3. The lowest BCUT2D eigenvalue weighted by molar-refractivity contribution is 0.103. The molecule has 1 aliphatic heterocycles. The first-order chi connectivity index (χ1) is 8.49. The summed E-state index contributed by atoms with van der Waals surface area (Å²) in [5.41, 5.74) is 8.46. The maximum absolute atomic E-state index is 9.97.